The quantitative estimate of drug-likeness (QED) is 0.803. The van der Waals surface area contributed by atoms with Gasteiger partial charge in [0.15, 0.2) is 5.17 Å². The van der Waals surface area contributed by atoms with Crippen LogP contribution < -0.4 is 10.5 Å². The lowest BCUT2D eigenvalue weighted by Crippen LogP contribution is -2.28. The summed E-state index contributed by atoms with van der Waals surface area (Å²) in [5.41, 5.74) is 8.55. The van der Waals surface area contributed by atoms with Crippen molar-refractivity contribution < 1.29 is 8.42 Å². The normalized spacial score (nSPS) is 23.1. The summed E-state index contributed by atoms with van der Waals surface area (Å²) in [4.78, 5) is 4.97. The number of thioether (sulfide) groups is 1. The van der Waals surface area contributed by atoms with Crippen LogP contribution >= 0.6 is 11.8 Å². The monoisotopic (exact) mass is 401 g/mol. The minimum absolute atomic E-state index is 0.0921. The second-order valence-corrected chi connectivity index (χ2v) is 10.2. The van der Waals surface area contributed by atoms with Gasteiger partial charge in [0.2, 0.25) is 10.0 Å². The van der Waals surface area contributed by atoms with Gasteiger partial charge in [-0.25, -0.2) is 13.1 Å². The molecule has 1 unspecified atom stereocenters. The van der Waals surface area contributed by atoms with Crippen LogP contribution in [-0.2, 0) is 15.6 Å². The summed E-state index contributed by atoms with van der Waals surface area (Å²) in [6.45, 7) is 2.10. The third kappa shape index (κ3) is 4.05. The molecule has 5 nitrogen and oxygen atoms in total. The van der Waals surface area contributed by atoms with Gasteiger partial charge in [0, 0.05) is 11.8 Å². The molecular formula is C20H23N3O2S2. The van der Waals surface area contributed by atoms with E-state index in [0.717, 1.165) is 41.7 Å². The Balaban J connectivity index is 1.68. The van der Waals surface area contributed by atoms with Crippen LogP contribution in [0, 0.1) is 0 Å². The molecule has 0 spiro atoms. The Morgan fingerprint density at radius 2 is 1.85 bits per heavy atom. The Labute approximate surface area is 164 Å². The Kier molecular flexibility index (Phi) is 4.78. The molecule has 0 radical (unpaired) electrons. The van der Waals surface area contributed by atoms with E-state index >= 15 is 0 Å². The van der Waals surface area contributed by atoms with Gasteiger partial charge in [-0.15, -0.1) is 0 Å². The molecule has 1 atom stereocenters. The molecule has 7 heteroatoms. The van der Waals surface area contributed by atoms with E-state index in [2.05, 4.69) is 28.8 Å². The number of rotatable bonds is 5. The van der Waals surface area contributed by atoms with E-state index in [0.29, 0.717) is 10.1 Å². The Morgan fingerprint density at radius 1 is 1.15 bits per heavy atom. The van der Waals surface area contributed by atoms with Crippen LogP contribution in [0.4, 0.5) is 0 Å². The van der Waals surface area contributed by atoms with Crippen molar-refractivity contribution in [2.24, 2.45) is 10.7 Å². The van der Waals surface area contributed by atoms with Crippen LogP contribution in [0.25, 0.3) is 11.1 Å². The second-order valence-electron chi connectivity index (χ2n) is 7.33. The number of benzene rings is 2. The van der Waals surface area contributed by atoms with Crippen molar-refractivity contribution in [1.82, 2.24) is 4.72 Å². The predicted molar refractivity (Wildman–Crippen MR) is 111 cm³/mol. The summed E-state index contributed by atoms with van der Waals surface area (Å²) in [5.74, 6) is 0.941. The summed E-state index contributed by atoms with van der Waals surface area (Å²) >= 11 is 1.58. The molecule has 142 valence electrons. The van der Waals surface area contributed by atoms with Gasteiger partial charge in [-0.3, -0.25) is 4.99 Å². The SMILES string of the molecule is CC1(c2cccc(-c3cccc(S(=O)(=O)NC4CC4)c3)c2)CCSC(N)=N1. The lowest BCUT2D eigenvalue weighted by molar-refractivity contribution is 0.482. The van der Waals surface area contributed by atoms with Gasteiger partial charge in [-0.05, 0) is 61.1 Å². The first kappa shape index (κ1) is 18.5. The van der Waals surface area contributed by atoms with Gasteiger partial charge in [-0.2, -0.15) is 0 Å². The van der Waals surface area contributed by atoms with E-state index in [-0.39, 0.29) is 11.6 Å². The molecule has 2 aliphatic rings. The number of nitrogens with zero attached hydrogens (tertiary/aromatic N) is 1. The van der Waals surface area contributed by atoms with E-state index in [1.54, 1.807) is 30.0 Å². The molecule has 1 saturated carbocycles. The van der Waals surface area contributed by atoms with Crippen molar-refractivity contribution >= 4 is 27.0 Å². The maximum atomic E-state index is 12.5. The number of hydrogen-bond acceptors (Lipinski definition) is 5. The number of hydrogen-bond donors (Lipinski definition) is 2. The van der Waals surface area contributed by atoms with Crippen LogP contribution in [0.3, 0.4) is 0 Å². The predicted octanol–water partition coefficient (Wildman–Crippen LogP) is 3.46. The largest absolute Gasteiger partial charge is 0.379 e. The van der Waals surface area contributed by atoms with Gasteiger partial charge in [-0.1, -0.05) is 42.1 Å². The highest BCUT2D eigenvalue weighted by molar-refractivity contribution is 8.13. The highest BCUT2D eigenvalue weighted by Crippen LogP contribution is 2.36. The first-order chi connectivity index (χ1) is 12.9. The molecule has 27 heavy (non-hydrogen) atoms. The number of nitrogens with one attached hydrogen (secondary N) is 1. The van der Waals surface area contributed by atoms with Gasteiger partial charge in [0.05, 0.1) is 10.4 Å². The van der Waals surface area contributed by atoms with E-state index in [1.165, 1.54) is 0 Å². The first-order valence-corrected chi connectivity index (χ1v) is 11.5. The molecule has 0 saturated heterocycles. The van der Waals surface area contributed by atoms with Crippen LogP contribution in [-0.4, -0.2) is 25.4 Å². The summed E-state index contributed by atoms with van der Waals surface area (Å²) in [6.07, 6.45) is 2.75. The van der Waals surface area contributed by atoms with Crippen molar-refractivity contribution in [2.75, 3.05) is 5.75 Å². The molecule has 1 fully saturated rings. The highest BCUT2D eigenvalue weighted by atomic mass is 32.2. The number of sulfonamides is 1. The number of amidine groups is 1. The molecule has 2 aromatic rings. The lowest BCUT2D eigenvalue weighted by Gasteiger charge is -2.30. The van der Waals surface area contributed by atoms with E-state index in [4.69, 9.17) is 5.73 Å². The molecule has 0 amide bonds. The minimum atomic E-state index is -3.47. The molecule has 1 aliphatic carbocycles. The molecule has 3 N–H and O–H groups in total. The van der Waals surface area contributed by atoms with E-state index in [9.17, 15) is 8.42 Å². The molecule has 1 heterocycles. The van der Waals surface area contributed by atoms with Gasteiger partial charge >= 0.3 is 0 Å². The summed E-state index contributed by atoms with van der Waals surface area (Å²) < 4.78 is 27.8. The maximum Gasteiger partial charge on any atom is 0.240 e. The molecule has 4 rings (SSSR count). The molecule has 0 aromatic heterocycles. The standard InChI is InChI=1S/C20H23N3O2S2/c1-20(10-11-26-19(21)22-20)16-6-2-4-14(12-16)15-5-3-7-18(13-15)27(24,25)23-17-8-9-17/h2-7,12-13,17,23H,8-11H2,1H3,(H2,21,22). The van der Waals surface area contributed by atoms with Crippen LogP contribution in [0.15, 0.2) is 58.4 Å². The maximum absolute atomic E-state index is 12.5. The average Bonchev–Trinajstić information content (AvgIpc) is 3.45. The van der Waals surface area contributed by atoms with E-state index in [1.807, 2.05) is 18.2 Å². The summed E-state index contributed by atoms with van der Waals surface area (Å²) in [6, 6.07) is 15.3. The van der Waals surface area contributed by atoms with Gasteiger partial charge in [0.25, 0.3) is 0 Å². The zero-order valence-electron chi connectivity index (χ0n) is 15.2. The molecule has 0 bridgehead atoms. The third-order valence-corrected chi connectivity index (χ3v) is 7.37. The number of nitrogens with two attached hydrogens (primary N) is 1. The molecule has 2 aromatic carbocycles. The Hall–Kier alpha value is -1.83. The van der Waals surface area contributed by atoms with Crippen molar-refractivity contribution in [2.45, 2.75) is 42.7 Å². The van der Waals surface area contributed by atoms with E-state index < -0.39 is 10.0 Å². The zero-order valence-corrected chi connectivity index (χ0v) is 16.8. The summed E-state index contributed by atoms with van der Waals surface area (Å²) in [7, 11) is -3.47. The summed E-state index contributed by atoms with van der Waals surface area (Å²) in [5, 5.41) is 0.619. The van der Waals surface area contributed by atoms with Crippen molar-refractivity contribution in [1.29, 1.82) is 0 Å². The smallest absolute Gasteiger partial charge is 0.240 e. The average molecular weight is 402 g/mol. The third-order valence-electron chi connectivity index (χ3n) is 5.06. The molecular weight excluding hydrogens is 378 g/mol. The van der Waals surface area contributed by atoms with Crippen molar-refractivity contribution in [3.8, 4) is 11.1 Å². The number of aliphatic imine (C=N–C) groups is 1. The lowest BCUT2D eigenvalue weighted by atomic mass is 9.88. The minimum Gasteiger partial charge on any atom is -0.379 e. The van der Waals surface area contributed by atoms with Crippen LogP contribution in [0.5, 0.6) is 0 Å². The van der Waals surface area contributed by atoms with Gasteiger partial charge < -0.3 is 5.73 Å². The first-order valence-electron chi connectivity index (χ1n) is 9.07. The zero-order chi connectivity index (χ0) is 19.1. The Morgan fingerprint density at radius 3 is 2.56 bits per heavy atom. The topological polar surface area (TPSA) is 84.5 Å². The highest BCUT2D eigenvalue weighted by Gasteiger charge is 2.30. The van der Waals surface area contributed by atoms with Gasteiger partial charge in [0.1, 0.15) is 0 Å². The fourth-order valence-corrected chi connectivity index (χ4v) is 5.58. The fraction of sp³-hybridized carbons (Fsp3) is 0.350. The van der Waals surface area contributed by atoms with Crippen LogP contribution in [0.1, 0.15) is 31.7 Å². The van der Waals surface area contributed by atoms with Crippen molar-refractivity contribution in [3.63, 3.8) is 0 Å². The molecule has 1 aliphatic heterocycles. The van der Waals surface area contributed by atoms with Crippen LogP contribution in [0.2, 0.25) is 0 Å². The second kappa shape index (κ2) is 6.96. The fourth-order valence-electron chi connectivity index (χ4n) is 3.26. The Bertz CT molecular complexity index is 1000. The van der Waals surface area contributed by atoms with Crippen molar-refractivity contribution in [3.05, 3.63) is 54.1 Å².